The summed E-state index contributed by atoms with van der Waals surface area (Å²) >= 11 is 0. The van der Waals surface area contributed by atoms with E-state index in [1.807, 2.05) is 0 Å². The second-order valence-electron chi connectivity index (χ2n) is 6.07. The molecule has 0 radical (unpaired) electrons. The van der Waals surface area contributed by atoms with Gasteiger partial charge in [0.2, 0.25) is 0 Å². The average molecular weight is 282 g/mol. The molecule has 3 rings (SSSR count). The number of hydrogen-bond acceptors (Lipinski definition) is 2. The minimum atomic E-state index is 0.607. The maximum Gasteiger partial charge on any atom is 0.0448 e. The predicted octanol–water partition coefficient (Wildman–Crippen LogP) is 4.46. The zero-order valence-electron chi connectivity index (χ0n) is 13.0. The predicted molar refractivity (Wildman–Crippen MR) is 91.7 cm³/mol. The average Bonchev–Trinajstić information content (AvgIpc) is 2.56. The van der Waals surface area contributed by atoms with Gasteiger partial charge in [-0.05, 0) is 36.8 Å². The van der Waals surface area contributed by atoms with E-state index in [9.17, 15) is 0 Å². The topological polar surface area (TPSA) is 29.3 Å². The molecule has 1 aliphatic carbocycles. The number of nitrogens with zero attached hydrogens (tertiary/aromatic N) is 1. The highest BCUT2D eigenvalue weighted by molar-refractivity contribution is 5.96. The van der Waals surface area contributed by atoms with E-state index < -0.39 is 0 Å². The summed E-state index contributed by atoms with van der Waals surface area (Å²) in [6.45, 7) is 3.97. The monoisotopic (exact) mass is 282 g/mol. The molecule has 21 heavy (non-hydrogen) atoms. The summed E-state index contributed by atoms with van der Waals surface area (Å²) in [4.78, 5) is 2.61. The molecule has 112 valence electrons. The molecule has 0 heterocycles. The van der Waals surface area contributed by atoms with Gasteiger partial charge < -0.3 is 10.6 Å². The maximum absolute atomic E-state index is 5.90. The molecule has 2 nitrogen and oxygen atoms in total. The Bertz CT molecular complexity index is 600. The van der Waals surface area contributed by atoms with Crippen LogP contribution in [-0.2, 0) is 6.54 Å². The van der Waals surface area contributed by atoms with Gasteiger partial charge in [0, 0.05) is 30.2 Å². The summed E-state index contributed by atoms with van der Waals surface area (Å²) in [5, 5.41) is 2.67. The van der Waals surface area contributed by atoms with Crippen LogP contribution in [0.2, 0.25) is 0 Å². The summed E-state index contributed by atoms with van der Waals surface area (Å²) < 4.78 is 0. The first-order chi connectivity index (χ1) is 10.3. The number of nitrogens with two attached hydrogens (primary N) is 1. The summed E-state index contributed by atoms with van der Waals surface area (Å²) in [6.07, 6.45) is 6.82. The van der Waals surface area contributed by atoms with Gasteiger partial charge in [-0.1, -0.05) is 49.6 Å². The first kappa shape index (κ1) is 14.4. The molecule has 2 aromatic rings. The molecule has 0 aliphatic heterocycles. The molecule has 0 saturated heterocycles. The zero-order valence-corrected chi connectivity index (χ0v) is 13.0. The Morgan fingerprint density at radius 1 is 1.00 bits per heavy atom. The van der Waals surface area contributed by atoms with Crippen LogP contribution in [0.25, 0.3) is 10.8 Å². The van der Waals surface area contributed by atoms with E-state index in [1.165, 1.54) is 54.1 Å². The molecule has 2 heteroatoms. The van der Waals surface area contributed by atoms with Gasteiger partial charge in [0.05, 0.1) is 0 Å². The third kappa shape index (κ3) is 2.77. The molecule has 0 aromatic heterocycles. The quantitative estimate of drug-likeness (QED) is 0.897. The second-order valence-corrected chi connectivity index (χ2v) is 6.07. The lowest BCUT2D eigenvalue weighted by Crippen LogP contribution is -2.36. The van der Waals surface area contributed by atoms with Crippen molar-refractivity contribution in [2.75, 3.05) is 11.4 Å². The first-order valence-corrected chi connectivity index (χ1v) is 8.32. The van der Waals surface area contributed by atoms with Crippen molar-refractivity contribution >= 4 is 16.5 Å². The molecular weight excluding hydrogens is 256 g/mol. The van der Waals surface area contributed by atoms with Gasteiger partial charge in [-0.15, -0.1) is 0 Å². The minimum Gasteiger partial charge on any atom is -0.368 e. The van der Waals surface area contributed by atoms with Crippen molar-refractivity contribution in [1.82, 2.24) is 0 Å². The molecule has 1 aliphatic rings. The smallest absolute Gasteiger partial charge is 0.0448 e. The molecule has 2 N–H and O–H groups in total. The van der Waals surface area contributed by atoms with E-state index in [4.69, 9.17) is 5.73 Å². The van der Waals surface area contributed by atoms with Gasteiger partial charge in [-0.25, -0.2) is 0 Å². The standard InChI is InChI=1S/C19H26N2/c1-2-21(16-8-4-3-5-9-16)19-13-12-15(14-20)17-10-6-7-11-18(17)19/h6-7,10-13,16H,2-5,8-9,14,20H2,1H3. The Balaban J connectivity index is 2.05. The number of fused-ring (bicyclic) bond motifs is 1. The lowest BCUT2D eigenvalue weighted by Gasteiger charge is -2.36. The highest BCUT2D eigenvalue weighted by atomic mass is 15.2. The summed E-state index contributed by atoms with van der Waals surface area (Å²) in [5.41, 5.74) is 8.53. The highest BCUT2D eigenvalue weighted by Gasteiger charge is 2.21. The Labute approximate surface area is 127 Å². The molecule has 1 saturated carbocycles. The second kappa shape index (κ2) is 6.48. The molecule has 2 aromatic carbocycles. The van der Waals surface area contributed by atoms with Crippen molar-refractivity contribution in [3.8, 4) is 0 Å². The fraction of sp³-hybridized carbons (Fsp3) is 0.474. The third-order valence-corrected chi connectivity index (χ3v) is 4.88. The Kier molecular flexibility index (Phi) is 4.45. The largest absolute Gasteiger partial charge is 0.368 e. The molecule has 0 amide bonds. The highest BCUT2D eigenvalue weighted by Crippen LogP contribution is 2.33. The first-order valence-electron chi connectivity index (χ1n) is 8.32. The fourth-order valence-electron chi connectivity index (χ4n) is 3.79. The van der Waals surface area contributed by atoms with Crippen LogP contribution in [0, 0.1) is 0 Å². The van der Waals surface area contributed by atoms with Crippen LogP contribution in [0.4, 0.5) is 5.69 Å². The Morgan fingerprint density at radius 2 is 1.71 bits per heavy atom. The van der Waals surface area contributed by atoms with Gasteiger partial charge in [-0.3, -0.25) is 0 Å². The molecule has 0 atom stereocenters. The Morgan fingerprint density at radius 3 is 2.38 bits per heavy atom. The van der Waals surface area contributed by atoms with E-state index in [1.54, 1.807) is 0 Å². The molecule has 1 fully saturated rings. The van der Waals surface area contributed by atoms with Crippen LogP contribution in [0.5, 0.6) is 0 Å². The van der Waals surface area contributed by atoms with E-state index in [0.717, 1.165) is 6.54 Å². The number of rotatable bonds is 4. The zero-order chi connectivity index (χ0) is 14.7. The molecule has 0 unspecified atom stereocenters. The van der Waals surface area contributed by atoms with Crippen LogP contribution in [-0.4, -0.2) is 12.6 Å². The lowest BCUT2D eigenvalue weighted by molar-refractivity contribution is 0.418. The number of benzene rings is 2. The van der Waals surface area contributed by atoms with Crippen LogP contribution in [0.15, 0.2) is 36.4 Å². The molecular formula is C19H26N2. The lowest BCUT2D eigenvalue weighted by atomic mass is 9.93. The molecule has 0 bridgehead atoms. The fourth-order valence-corrected chi connectivity index (χ4v) is 3.79. The summed E-state index contributed by atoms with van der Waals surface area (Å²) in [7, 11) is 0. The molecule has 0 spiro atoms. The summed E-state index contributed by atoms with van der Waals surface area (Å²) in [6, 6.07) is 13.9. The van der Waals surface area contributed by atoms with Crippen LogP contribution >= 0.6 is 0 Å². The van der Waals surface area contributed by atoms with Gasteiger partial charge in [-0.2, -0.15) is 0 Å². The van der Waals surface area contributed by atoms with Gasteiger partial charge >= 0.3 is 0 Å². The number of hydrogen-bond donors (Lipinski definition) is 1. The minimum absolute atomic E-state index is 0.607. The number of anilines is 1. The van der Waals surface area contributed by atoms with E-state index in [0.29, 0.717) is 12.6 Å². The van der Waals surface area contributed by atoms with Crippen molar-refractivity contribution in [3.05, 3.63) is 42.0 Å². The SMILES string of the molecule is CCN(c1ccc(CN)c2ccccc12)C1CCCCC1. The van der Waals surface area contributed by atoms with E-state index in [-0.39, 0.29) is 0 Å². The van der Waals surface area contributed by atoms with Crippen LogP contribution < -0.4 is 10.6 Å². The Hall–Kier alpha value is -1.54. The van der Waals surface area contributed by atoms with Gasteiger partial charge in [0.25, 0.3) is 0 Å². The third-order valence-electron chi connectivity index (χ3n) is 4.88. The van der Waals surface area contributed by atoms with Gasteiger partial charge in [0.1, 0.15) is 0 Å². The summed E-state index contributed by atoms with van der Waals surface area (Å²) in [5.74, 6) is 0. The van der Waals surface area contributed by atoms with Crippen molar-refractivity contribution < 1.29 is 0 Å². The van der Waals surface area contributed by atoms with Crippen molar-refractivity contribution in [2.24, 2.45) is 5.73 Å². The van der Waals surface area contributed by atoms with Crippen LogP contribution in [0.1, 0.15) is 44.6 Å². The van der Waals surface area contributed by atoms with Crippen LogP contribution in [0.3, 0.4) is 0 Å². The van der Waals surface area contributed by atoms with E-state index >= 15 is 0 Å². The van der Waals surface area contributed by atoms with Crippen molar-refractivity contribution in [1.29, 1.82) is 0 Å². The van der Waals surface area contributed by atoms with Crippen molar-refractivity contribution in [2.45, 2.75) is 51.6 Å². The van der Waals surface area contributed by atoms with Crippen molar-refractivity contribution in [3.63, 3.8) is 0 Å². The normalized spacial score (nSPS) is 16.3. The van der Waals surface area contributed by atoms with Gasteiger partial charge in [0.15, 0.2) is 0 Å². The van der Waals surface area contributed by atoms with E-state index in [2.05, 4.69) is 48.2 Å². The maximum atomic E-state index is 5.90.